The van der Waals surface area contributed by atoms with Crippen LogP contribution in [0, 0.1) is 12.7 Å². The maximum atomic E-state index is 14.0. The summed E-state index contributed by atoms with van der Waals surface area (Å²) in [6.07, 6.45) is -3.90. The Morgan fingerprint density at radius 3 is 2.53 bits per heavy atom. The van der Waals surface area contributed by atoms with E-state index in [4.69, 9.17) is 4.74 Å². The van der Waals surface area contributed by atoms with Gasteiger partial charge in [-0.3, -0.25) is 4.99 Å². The van der Waals surface area contributed by atoms with Gasteiger partial charge in [0, 0.05) is 23.4 Å². The van der Waals surface area contributed by atoms with E-state index < -0.39 is 29.4 Å². The van der Waals surface area contributed by atoms with Crippen molar-refractivity contribution in [3.8, 4) is 5.75 Å². The van der Waals surface area contributed by atoms with Crippen molar-refractivity contribution in [1.82, 2.24) is 9.97 Å². The zero-order valence-corrected chi connectivity index (χ0v) is 18.0. The van der Waals surface area contributed by atoms with Crippen LogP contribution in [0.1, 0.15) is 31.7 Å². The standard InChI is InChI=1S/C23H23F4N3O2/c1-14-28-11-16-18(6-5-7-19(16)30-14)29-13-22(31,23(25,26)27)12-21(2,3)17-10-15(24)8-9-20(17)32-4/h5-11,13,31H,12H2,1-4H3. The number of halogens is 4. The van der Waals surface area contributed by atoms with E-state index in [9.17, 15) is 22.7 Å². The van der Waals surface area contributed by atoms with E-state index in [0.29, 0.717) is 22.9 Å². The second-order valence-corrected chi connectivity index (χ2v) is 8.21. The second kappa shape index (κ2) is 8.46. The Kier molecular flexibility index (Phi) is 6.24. The molecule has 3 aromatic rings. The number of rotatable bonds is 6. The van der Waals surface area contributed by atoms with Crippen molar-refractivity contribution in [3.05, 3.63) is 59.8 Å². The SMILES string of the molecule is COc1ccc(F)cc1C(C)(C)CC(O)(C=Nc1cccc2nc(C)ncc12)C(F)(F)F. The molecule has 1 unspecified atom stereocenters. The number of hydrogen-bond donors (Lipinski definition) is 1. The van der Waals surface area contributed by atoms with Gasteiger partial charge in [-0.15, -0.1) is 0 Å². The summed E-state index contributed by atoms with van der Waals surface area (Å²) in [5.41, 5.74) is -3.70. The van der Waals surface area contributed by atoms with Gasteiger partial charge in [0.05, 0.1) is 18.3 Å². The highest BCUT2D eigenvalue weighted by Gasteiger charge is 2.55. The highest BCUT2D eigenvalue weighted by molar-refractivity contribution is 5.91. The van der Waals surface area contributed by atoms with E-state index in [1.54, 1.807) is 19.1 Å². The van der Waals surface area contributed by atoms with Crippen LogP contribution in [-0.2, 0) is 5.41 Å². The van der Waals surface area contributed by atoms with Crippen LogP contribution < -0.4 is 4.74 Å². The van der Waals surface area contributed by atoms with Crippen molar-refractivity contribution in [2.45, 2.75) is 44.4 Å². The molecule has 5 nitrogen and oxygen atoms in total. The van der Waals surface area contributed by atoms with Crippen LogP contribution in [-0.4, -0.2) is 40.2 Å². The predicted molar refractivity (Wildman–Crippen MR) is 114 cm³/mol. The molecular formula is C23H23F4N3O2. The van der Waals surface area contributed by atoms with Gasteiger partial charge in [0.15, 0.2) is 5.60 Å². The van der Waals surface area contributed by atoms with Crippen molar-refractivity contribution in [3.63, 3.8) is 0 Å². The Morgan fingerprint density at radius 2 is 1.88 bits per heavy atom. The lowest BCUT2D eigenvalue weighted by molar-refractivity contribution is -0.234. The van der Waals surface area contributed by atoms with Gasteiger partial charge in [-0.25, -0.2) is 14.4 Å². The van der Waals surface area contributed by atoms with Gasteiger partial charge < -0.3 is 9.84 Å². The van der Waals surface area contributed by atoms with Gasteiger partial charge in [-0.05, 0) is 49.1 Å². The monoisotopic (exact) mass is 449 g/mol. The highest BCUT2D eigenvalue weighted by atomic mass is 19.4. The van der Waals surface area contributed by atoms with Crippen LogP contribution in [0.3, 0.4) is 0 Å². The van der Waals surface area contributed by atoms with Gasteiger partial charge in [0.25, 0.3) is 0 Å². The van der Waals surface area contributed by atoms with E-state index in [-0.39, 0.29) is 17.0 Å². The molecular weight excluding hydrogens is 426 g/mol. The minimum absolute atomic E-state index is 0.186. The van der Waals surface area contributed by atoms with Gasteiger partial charge in [-0.1, -0.05) is 19.9 Å². The van der Waals surface area contributed by atoms with Crippen LogP contribution in [0.5, 0.6) is 5.75 Å². The molecule has 32 heavy (non-hydrogen) atoms. The van der Waals surface area contributed by atoms with Crippen LogP contribution in [0.25, 0.3) is 10.9 Å². The minimum Gasteiger partial charge on any atom is -0.496 e. The summed E-state index contributed by atoms with van der Waals surface area (Å²) >= 11 is 0. The molecule has 2 aromatic carbocycles. The molecule has 1 N–H and O–H groups in total. The van der Waals surface area contributed by atoms with Gasteiger partial charge in [0.1, 0.15) is 17.4 Å². The molecule has 0 aliphatic rings. The maximum absolute atomic E-state index is 14.0. The average Bonchev–Trinajstić information content (AvgIpc) is 2.70. The Balaban J connectivity index is 2.04. The lowest BCUT2D eigenvalue weighted by atomic mass is 9.74. The molecule has 0 saturated carbocycles. The largest absolute Gasteiger partial charge is 0.496 e. The summed E-state index contributed by atoms with van der Waals surface area (Å²) in [6.45, 7) is 4.65. The van der Waals surface area contributed by atoms with Crippen molar-refractivity contribution < 1.29 is 27.4 Å². The number of benzene rings is 2. The molecule has 0 aliphatic carbocycles. The summed E-state index contributed by atoms with van der Waals surface area (Å²) in [6, 6.07) is 8.41. The summed E-state index contributed by atoms with van der Waals surface area (Å²) in [5, 5.41) is 11.2. The molecule has 0 spiro atoms. The van der Waals surface area contributed by atoms with Crippen molar-refractivity contribution >= 4 is 22.8 Å². The Morgan fingerprint density at radius 1 is 1.16 bits per heavy atom. The quantitative estimate of drug-likeness (QED) is 0.401. The Labute approximate surface area is 182 Å². The third-order valence-corrected chi connectivity index (χ3v) is 5.23. The molecule has 0 radical (unpaired) electrons. The summed E-state index contributed by atoms with van der Waals surface area (Å²) < 4.78 is 61.1. The summed E-state index contributed by atoms with van der Waals surface area (Å²) in [7, 11) is 1.34. The first-order valence-electron chi connectivity index (χ1n) is 9.77. The fourth-order valence-corrected chi connectivity index (χ4v) is 3.62. The number of nitrogens with zero attached hydrogens (tertiary/aromatic N) is 3. The highest BCUT2D eigenvalue weighted by Crippen LogP contribution is 2.43. The molecule has 1 heterocycles. The van der Waals surface area contributed by atoms with Crippen LogP contribution in [0.4, 0.5) is 23.2 Å². The molecule has 0 saturated heterocycles. The van der Waals surface area contributed by atoms with E-state index in [0.717, 1.165) is 12.1 Å². The van der Waals surface area contributed by atoms with Crippen molar-refractivity contribution in [2.75, 3.05) is 7.11 Å². The van der Waals surface area contributed by atoms with Crippen LogP contribution in [0.2, 0.25) is 0 Å². The van der Waals surface area contributed by atoms with Crippen molar-refractivity contribution in [2.24, 2.45) is 4.99 Å². The third kappa shape index (κ3) is 4.72. The van der Waals surface area contributed by atoms with E-state index in [1.165, 1.54) is 39.3 Å². The lowest BCUT2D eigenvalue weighted by Crippen LogP contribution is -2.50. The van der Waals surface area contributed by atoms with Crippen LogP contribution >= 0.6 is 0 Å². The molecule has 1 atom stereocenters. The van der Waals surface area contributed by atoms with Crippen molar-refractivity contribution in [1.29, 1.82) is 0 Å². The normalized spacial score (nSPS) is 14.7. The first-order chi connectivity index (χ1) is 14.9. The number of aryl methyl sites for hydroxylation is 1. The number of aliphatic hydroxyl groups is 1. The fourth-order valence-electron chi connectivity index (χ4n) is 3.62. The van der Waals surface area contributed by atoms with E-state index in [1.807, 2.05) is 0 Å². The summed E-state index contributed by atoms with van der Waals surface area (Å²) in [4.78, 5) is 12.3. The molecule has 0 bridgehead atoms. The van der Waals surface area contributed by atoms with Gasteiger partial charge in [0.2, 0.25) is 0 Å². The molecule has 1 aromatic heterocycles. The van der Waals surface area contributed by atoms with E-state index in [2.05, 4.69) is 15.0 Å². The number of aromatic nitrogens is 2. The number of methoxy groups -OCH3 is 1. The first kappa shape index (κ1) is 23.6. The first-order valence-corrected chi connectivity index (χ1v) is 9.77. The minimum atomic E-state index is -5.04. The predicted octanol–water partition coefficient (Wildman–Crippen LogP) is 5.45. The number of hydrogen-bond acceptors (Lipinski definition) is 5. The second-order valence-electron chi connectivity index (χ2n) is 8.21. The Hall–Kier alpha value is -3.07. The molecule has 0 aliphatic heterocycles. The molecule has 0 fully saturated rings. The topological polar surface area (TPSA) is 67.6 Å². The summed E-state index contributed by atoms with van der Waals surface area (Å²) in [5.74, 6) is 0.111. The number of alkyl halides is 3. The van der Waals surface area contributed by atoms with Gasteiger partial charge >= 0.3 is 6.18 Å². The Bertz CT molecular complexity index is 1160. The van der Waals surface area contributed by atoms with Gasteiger partial charge in [-0.2, -0.15) is 13.2 Å². The molecule has 9 heteroatoms. The zero-order chi connectivity index (χ0) is 23.7. The van der Waals surface area contributed by atoms with E-state index >= 15 is 0 Å². The third-order valence-electron chi connectivity index (χ3n) is 5.23. The lowest BCUT2D eigenvalue weighted by Gasteiger charge is -2.36. The molecule has 0 amide bonds. The van der Waals surface area contributed by atoms with Crippen LogP contribution in [0.15, 0.2) is 47.6 Å². The smallest absolute Gasteiger partial charge is 0.422 e. The number of fused-ring (bicyclic) bond motifs is 1. The number of ether oxygens (including phenoxy) is 1. The fraction of sp³-hybridized carbons (Fsp3) is 0.348. The number of aliphatic imine (C=N–C) groups is 1. The molecule has 3 rings (SSSR count). The maximum Gasteiger partial charge on any atom is 0.422 e. The zero-order valence-electron chi connectivity index (χ0n) is 18.0. The molecule has 170 valence electrons. The average molecular weight is 449 g/mol.